The molecule has 136 valence electrons. The van der Waals surface area contributed by atoms with Gasteiger partial charge in [-0.25, -0.2) is 4.79 Å². The molecule has 3 aliphatic rings. The van der Waals surface area contributed by atoms with Gasteiger partial charge in [-0.05, 0) is 25.8 Å². The predicted octanol–water partition coefficient (Wildman–Crippen LogP) is -0.350. The summed E-state index contributed by atoms with van der Waals surface area (Å²) >= 11 is 0. The van der Waals surface area contributed by atoms with Crippen molar-refractivity contribution in [1.82, 2.24) is 20.2 Å². The molecule has 2 amide bonds. The molecule has 0 aromatic rings. The molecule has 11 heteroatoms. The van der Waals surface area contributed by atoms with E-state index in [1.807, 2.05) is 0 Å². The third-order valence-corrected chi connectivity index (χ3v) is 5.26. The van der Waals surface area contributed by atoms with Gasteiger partial charge in [-0.2, -0.15) is 13.5 Å². The summed E-state index contributed by atoms with van der Waals surface area (Å²) in [6.45, 7) is 5.23. The van der Waals surface area contributed by atoms with Gasteiger partial charge in [0.15, 0.2) is 0 Å². The van der Waals surface area contributed by atoms with Crippen molar-refractivity contribution in [2.75, 3.05) is 26.2 Å². The number of hydrogen-bond acceptors (Lipinski definition) is 6. The Balaban J connectivity index is 1.62. The van der Waals surface area contributed by atoms with Gasteiger partial charge in [0.1, 0.15) is 5.84 Å². The van der Waals surface area contributed by atoms with Crippen molar-refractivity contribution >= 4 is 22.3 Å². The molecule has 3 atom stereocenters. The average molecular weight is 361 g/mol. The minimum absolute atomic E-state index is 0.193. The first-order valence-electron chi connectivity index (χ1n) is 8.12. The molecule has 3 rings (SSSR count). The Morgan fingerprint density at radius 3 is 2.75 bits per heavy atom. The average Bonchev–Trinajstić information content (AvgIpc) is 3.05. The lowest BCUT2D eigenvalue weighted by Crippen LogP contribution is -2.52. The Hall–Kier alpha value is -1.43. The van der Waals surface area contributed by atoms with E-state index in [1.54, 1.807) is 0 Å². The molecule has 3 N–H and O–H groups in total. The number of likely N-dealkylation sites (tertiary alicyclic amines) is 1. The van der Waals surface area contributed by atoms with Crippen LogP contribution in [-0.2, 0) is 14.7 Å². The number of amidine groups is 1. The third-order valence-electron chi connectivity index (χ3n) is 4.91. The number of rotatable bonds is 5. The molecule has 0 aliphatic carbocycles. The van der Waals surface area contributed by atoms with Gasteiger partial charge in [0.05, 0.1) is 12.1 Å². The van der Waals surface area contributed by atoms with Crippen LogP contribution in [-0.4, -0.2) is 84.0 Å². The molecule has 3 fully saturated rings. The Morgan fingerprint density at radius 2 is 2.12 bits per heavy atom. The van der Waals surface area contributed by atoms with Crippen LogP contribution in [0.2, 0.25) is 0 Å². The fourth-order valence-electron chi connectivity index (χ4n) is 3.69. The van der Waals surface area contributed by atoms with Crippen LogP contribution in [0.3, 0.4) is 0 Å². The van der Waals surface area contributed by atoms with Gasteiger partial charge in [0.2, 0.25) is 0 Å². The Morgan fingerprint density at radius 1 is 1.38 bits per heavy atom. The molecule has 0 saturated carbocycles. The Bertz CT molecular complexity index is 626. The number of carbonyl (C=O) groups excluding carboxylic acids is 1. The highest BCUT2D eigenvalue weighted by Gasteiger charge is 2.48. The maximum atomic E-state index is 12.3. The fraction of sp³-hybridized carbons (Fsp3) is 0.846. The van der Waals surface area contributed by atoms with E-state index in [2.05, 4.69) is 21.4 Å². The van der Waals surface area contributed by atoms with Gasteiger partial charge in [-0.3, -0.25) is 9.96 Å². The standard InChI is InChI=1S/C13H23N5O5S/c1-2-16-6-5-9(7-16)15-12(14)11-4-3-10-8-17(11)13(19)18(10)23-24(20,21)22/h9-11H,2-8H2,1H3,(H2,14,15)(H,20,21,22)/t9-,10+,11-/m0/s1. The monoisotopic (exact) mass is 361 g/mol. The molecule has 10 nitrogen and oxygen atoms in total. The first-order chi connectivity index (χ1) is 11.3. The molecular formula is C13H23N5O5S. The lowest BCUT2D eigenvalue weighted by atomic mass is 9.99. The van der Waals surface area contributed by atoms with E-state index in [-0.39, 0.29) is 18.4 Å². The number of hydrogen-bond donors (Lipinski definition) is 3. The smallest absolute Gasteiger partial charge is 0.368 e. The molecule has 0 spiro atoms. The second kappa shape index (κ2) is 6.47. The molecular weight excluding hydrogens is 338 g/mol. The van der Waals surface area contributed by atoms with Crippen molar-refractivity contribution in [3.8, 4) is 0 Å². The van der Waals surface area contributed by atoms with Gasteiger partial charge >= 0.3 is 16.4 Å². The van der Waals surface area contributed by atoms with Gasteiger partial charge in [-0.1, -0.05) is 6.92 Å². The van der Waals surface area contributed by atoms with Gasteiger partial charge in [0, 0.05) is 25.7 Å². The molecule has 2 bridgehead atoms. The summed E-state index contributed by atoms with van der Waals surface area (Å²) in [5.41, 5.74) is 0. The first kappa shape index (κ1) is 17.4. The van der Waals surface area contributed by atoms with E-state index in [9.17, 15) is 13.2 Å². The fourth-order valence-corrected chi connectivity index (χ4v) is 4.07. The van der Waals surface area contributed by atoms with Crippen LogP contribution in [0.1, 0.15) is 26.2 Å². The van der Waals surface area contributed by atoms with Crippen LogP contribution in [0.5, 0.6) is 0 Å². The summed E-state index contributed by atoms with van der Waals surface area (Å²) in [7, 11) is -4.74. The number of amides is 2. The molecule has 3 heterocycles. The SMILES string of the molecule is CCN1CC[C@H](NC(=N)[C@@H]2CC[C@@H]3CN2C(=O)N3OS(=O)(=O)O)C1. The first-order valence-corrected chi connectivity index (χ1v) is 9.49. The molecule has 0 aromatic heterocycles. The van der Waals surface area contributed by atoms with Gasteiger partial charge < -0.3 is 15.1 Å². The number of carbonyl (C=O) groups is 1. The summed E-state index contributed by atoms with van der Waals surface area (Å²) < 4.78 is 35.0. The number of nitrogens with one attached hydrogen (secondary N) is 2. The Kier molecular flexibility index (Phi) is 4.69. The van der Waals surface area contributed by atoms with Crippen molar-refractivity contribution in [1.29, 1.82) is 5.41 Å². The Labute approximate surface area is 141 Å². The maximum absolute atomic E-state index is 12.3. The number of hydroxylamine groups is 2. The summed E-state index contributed by atoms with van der Waals surface area (Å²) in [5, 5.41) is 12.2. The highest BCUT2D eigenvalue weighted by atomic mass is 32.3. The van der Waals surface area contributed by atoms with Crippen molar-refractivity contribution in [3.05, 3.63) is 0 Å². The van der Waals surface area contributed by atoms with Crippen molar-refractivity contribution < 1.29 is 22.0 Å². The van der Waals surface area contributed by atoms with E-state index >= 15 is 0 Å². The predicted molar refractivity (Wildman–Crippen MR) is 84.8 cm³/mol. The van der Waals surface area contributed by atoms with Crippen molar-refractivity contribution in [2.45, 2.75) is 44.3 Å². The summed E-state index contributed by atoms with van der Waals surface area (Å²) in [6.07, 6.45) is 2.02. The molecule has 0 radical (unpaired) electrons. The summed E-state index contributed by atoms with van der Waals surface area (Å²) in [5.74, 6) is 0.276. The normalized spacial score (nSPS) is 30.9. The van der Waals surface area contributed by atoms with E-state index in [1.165, 1.54) is 4.90 Å². The zero-order chi connectivity index (χ0) is 17.5. The topological polar surface area (TPSA) is 126 Å². The third kappa shape index (κ3) is 3.48. The number of piperidine rings is 1. The maximum Gasteiger partial charge on any atom is 0.418 e. The van der Waals surface area contributed by atoms with E-state index in [0.717, 1.165) is 26.1 Å². The lowest BCUT2D eigenvalue weighted by molar-refractivity contribution is -0.0316. The van der Waals surface area contributed by atoms with E-state index in [0.29, 0.717) is 17.9 Å². The lowest BCUT2D eigenvalue weighted by Gasteiger charge is -2.32. The minimum Gasteiger partial charge on any atom is -0.368 e. The van der Waals surface area contributed by atoms with Gasteiger partial charge in [0.25, 0.3) is 0 Å². The zero-order valence-electron chi connectivity index (χ0n) is 13.5. The highest BCUT2D eigenvalue weighted by Crippen LogP contribution is 2.31. The summed E-state index contributed by atoms with van der Waals surface area (Å²) in [6, 6.07) is -1.28. The largest absolute Gasteiger partial charge is 0.418 e. The molecule has 3 saturated heterocycles. The summed E-state index contributed by atoms with van der Waals surface area (Å²) in [4.78, 5) is 16.1. The van der Waals surface area contributed by atoms with Crippen LogP contribution in [0.25, 0.3) is 0 Å². The van der Waals surface area contributed by atoms with Crippen molar-refractivity contribution in [2.24, 2.45) is 0 Å². The molecule has 0 aromatic carbocycles. The molecule has 0 unspecified atom stereocenters. The van der Waals surface area contributed by atoms with E-state index in [4.69, 9.17) is 9.96 Å². The van der Waals surface area contributed by atoms with Crippen molar-refractivity contribution in [3.63, 3.8) is 0 Å². The second-order valence-corrected chi connectivity index (χ2v) is 7.45. The number of fused-ring (bicyclic) bond motifs is 2. The molecule has 3 aliphatic heterocycles. The quantitative estimate of drug-likeness (QED) is 0.347. The zero-order valence-corrected chi connectivity index (χ0v) is 14.3. The van der Waals surface area contributed by atoms with Gasteiger partial charge in [-0.15, -0.1) is 4.28 Å². The van der Waals surface area contributed by atoms with Crippen LogP contribution < -0.4 is 5.32 Å². The number of urea groups is 1. The molecule has 24 heavy (non-hydrogen) atoms. The highest BCUT2D eigenvalue weighted by molar-refractivity contribution is 7.80. The van der Waals surface area contributed by atoms with E-state index < -0.39 is 28.5 Å². The number of likely N-dealkylation sites (N-methyl/N-ethyl adjacent to an activating group) is 1. The number of nitrogens with zero attached hydrogens (tertiary/aromatic N) is 3. The van der Waals surface area contributed by atoms with Crippen LogP contribution in [0.4, 0.5) is 4.79 Å². The van der Waals surface area contributed by atoms with Crippen LogP contribution in [0, 0.1) is 5.41 Å². The minimum atomic E-state index is -4.74. The second-order valence-electron chi connectivity index (χ2n) is 6.45. The van der Waals surface area contributed by atoms with Crippen LogP contribution in [0.15, 0.2) is 0 Å². The van der Waals surface area contributed by atoms with Crippen LogP contribution >= 0.6 is 0 Å².